The minimum absolute atomic E-state index is 0.108. The molecule has 1 atom stereocenters. The summed E-state index contributed by atoms with van der Waals surface area (Å²) in [5.74, 6) is 1.84. The highest BCUT2D eigenvalue weighted by Gasteiger charge is 2.26. The summed E-state index contributed by atoms with van der Waals surface area (Å²) >= 11 is 0. The van der Waals surface area contributed by atoms with Crippen LogP contribution in [-0.4, -0.2) is 27.7 Å². The number of anilines is 1. The smallest absolute Gasteiger partial charge is 0.252 e. The number of rotatable bonds is 6. The van der Waals surface area contributed by atoms with Gasteiger partial charge in [0, 0.05) is 24.6 Å². The molecule has 5 nitrogen and oxygen atoms in total. The molecule has 2 rings (SSSR count). The van der Waals surface area contributed by atoms with Crippen LogP contribution in [0.2, 0.25) is 0 Å². The highest BCUT2D eigenvalue weighted by atomic mass is 16.3. The molecule has 0 aromatic carbocycles. The van der Waals surface area contributed by atoms with Crippen LogP contribution in [0.1, 0.15) is 44.3 Å². The first-order chi connectivity index (χ1) is 8.22. The van der Waals surface area contributed by atoms with Gasteiger partial charge in [-0.15, -0.1) is 0 Å². The fraction of sp³-hybridized carbons (Fsp3) is 0.667. The second kappa shape index (κ2) is 5.31. The molecule has 1 fully saturated rings. The minimum Gasteiger partial charge on any atom is -0.396 e. The van der Waals surface area contributed by atoms with Crippen molar-refractivity contribution < 1.29 is 5.11 Å². The summed E-state index contributed by atoms with van der Waals surface area (Å²) in [7, 11) is 0. The van der Waals surface area contributed by atoms with E-state index in [4.69, 9.17) is 5.11 Å². The third kappa shape index (κ3) is 3.30. The van der Waals surface area contributed by atoms with E-state index in [1.54, 1.807) is 0 Å². The summed E-state index contributed by atoms with van der Waals surface area (Å²) in [5, 5.41) is 12.1. The number of nitrogens with one attached hydrogen (secondary N) is 2. The molecule has 0 aliphatic heterocycles. The van der Waals surface area contributed by atoms with Crippen LogP contribution in [0.4, 0.5) is 5.82 Å². The average molecular weight is 237 g/mol. The average Bonchev–Trinajstić information content (AvgIpc) is 3.11. The van der Waals surface area contributed by atoms with Gasteiger partial charge < -0.3 is 15.4 Å². The summed E-state index contributed by atoms with van der Waals surface area (Å²) < 4.78 is 0. The lowest BCUT2D eigenvalue weighted by Crippen LogP contribution is -2.22. The molecule has 1 aromatic rings. The van der Waals surface area contributed by atoms with Crippen molar-refractivity contribution in [2.24, 2.45) is 0 Å². The van der Waals surface area contributed by atoms with E-state index in [1.165, 1.54) is 6.07 Å². The Bertz CT molecular complexity index is 426. The number of nitrogens with zero attached hydrogens (tertiary/aromatic N) is 1. The van der Waals surface area contributed by atoms with E-state index in [1.807, 2.05) is 6.92 Å². The van der Waals surface area contributed by atoms with Crippen LogP contribution in [-0.2, 0) is 0 Å². The lowest BCUT2D eigenvalue weighted by Gasteiger charge is -2.16. The molecule has 1 aromatic heterocycles. The van der Waals surface area contributed by atoms with Gasteiger partial charge in [-0.3, -0.25) is 4.79 Å². The third-order valence-corrected chi connectivity index (χ3v) is 3.05. The van der Waals surface area contributed by atoms with Crippen LogP contribution >= 0.6 is 0 Å². The predicted molar refractivity (Wildman–Crippen MR) is 66.2 cm³/mol. The summed E-state index contributed by atoms with van der Waals surface area (Å²) in [5.41, 5.74) is -0.108. The predicted octanol–water partition coefficient (Wildman–Crippen LogP) is 1.22. The molecule has 3 N–H and O–H groups in total. The number of hydrogen-bond donors (Lipinski definition) is 3. The lowest BCUT2D eigenvalue weighted by atomic mass is 10.1. The second-order valence-electron chi connectivity index (χ2n) is 4.55. The van der Waals surface area contributed by atoms with Crippen LogP contribution in [0, 0.1) is 0 Å². The van der Waals surface area contributed by atoms with Gasteiger partial charge in [-0.1, -0.05) is 6.92 Å². The Morgan fingerprint density at radius 2 is 2.41 bits per heavy atom. The first-order valence-corrected chi connectivity index (χ1v) is 6.21. The zero-order valence-electron chi connectivity index (χ0n) is 10.1. The number of aromatic nitrogens is 2. The van der Waals surface area contributed by atoms with Gasteiger partial charge in [-0.2, -0.15) is 0 Å². The van der Waals surface area contributed by atoms with Crippen molar-refractivity contribution in [2.75, 3.05) is 11.9 Å². The molecule has 0 saturated heterocycles. The lowest BCUT2D eigenvalue weighted by molar-refractivity contribution is 0.278. The van der Waals surface area contributed by atoms with Gasteiger partial charge in [0.05, 0.1) is 0 Å². The molecule has 94 valence electrons. The van der Waals surface area contributed by atoms with Crippen LogP contribution < -0.4 is 10.9 Å². The molecule has 1 heterocycles. The van der Waals surface area contributed by atoms with E-state index in [2.05, 4.69) is 15.3 Å². The van der Waals surface area contributed by atoms with Gasteiger partial charge in [0.15, 0.2) is 0 Å². The van der Waals surface area contributed by atoms with Crippen LogP contribution in [0.15, 0.2) is 10.9 Å². The van der Waals surface area contributed by atoms with Crippen molar-refractivity contribution in [3.63, 3.8) is 0 Å². The van der Waals surface area contributed by atoms with Gasteiger partial charge in [0.2, 0.25) is 0 Å². The summed E-state index contributed by atoms with van der Waals surface area (Å²) in [6.45, 7) is 2.19. The molecule has 1 saturated carbocycles. The third-order valence-electron chi connectivity index (χ3n) is 3.05. The van der Waals surface area contributed by atoms with Crippen molar-refractivity contribution >= 4 is 5.82 Å². The fourth-order valence-corrected chi connectivity index (χ4v) is 1.84. The maximum atomic E-state index is 11.5. The number of aliphatic hydroxyl groups excluding tert-OH is 1. The summed E-state index contributed by atoms with van der Waals surface area (Å²) in [6.07, 6.45) is 3.79. The first-order valence-electron chi connectivity index (χ1n) is 6.21. The van der Waals surface area contributed by atoms with E-state index in [-0.39, 0.29) is 18.2 Å². The van der Waals surface area contributed by atoms with Crippen molar-refractivity contribution in [3.05, 3.63) is 22.2 Å². The van der Waals surface area contributed by atoms with E-state index in [9.17, 15) is 4.79 Å². The van der Waals surface area contributed by atoms with Gasteiger partial charge in [-0.25, -0.2) is 4.98 Å². The zero-order chi connectivity index (χ0) is 12.3. The monoisotopic (exact) mass is 237 g/mol. The van der Waals surface area contributed by atoms with Gasteiger partial charge in [-0.05, 0) is 25.7 Å². The van der Waals surface area contributed by atoms with E-state index < -0.39 is 0 Å². The summed E-state index contributed by atoms with van der Waals surface area (Å²) in [4.78, 5) is 18.7. The number of H-pyrrole nitrogens is 1. The van der Waals surface area contributed by atoms with Crippen LogP contribution in [0.5, 0.6) is 0 Å². The highest BCUT2D eigenvalue weighted by Crippen LogP contribution is 2.37. The first kappa shape index (κ1) is 12.1. The van der Waals surface area contributed by atoms with Gasteiger partial charge >= 0.3 is 0 Å². The van der Waals surface area contributed by atoms with Crippen LogP contribution in [0.25, 0.3) is 0 Å². The van der Waals surface area contributed by atoms with Gasteiger partial charge in [0.25, 0.3) is 5.56 Å². The van der Waals surface area contributed by atoms with E-state index in [0.717, 1.165) is 25.1 Å². The SMILES string of the molecule is CCC(CCO)Nc1cc(=O)[nH]c(C2CC2)n1. The van der Waals surface area contributed by atoms with E-state index >= 15 is 0 Å². The van der Waals surface area contributed by atoms with Crippen molar-refractivity contribution in [2.45, 2.75) is 44.6 Å². The topological polar surface area (TPSA) is 78.0 Å². The Labute approximate surface area is 100 Å². The molecule has 1 unspecified atom stereocenters. The van der Waals surface area contributed by atoms with Crippen LogP contribution in [0.3, 0.4) is 0 Å². The molecular formula is C12H19N3O2. The van der Waals surface area contributed by atoms with Crippen molar-refractivity contribution in [1.29, 1.82) is 0 Å². The molecule has 0 radical (unpaired) electrons. The second-order valence-corrected chi connectivity index (χ2v) is 4.55. The van der Waals surface area contributed by atoms with Gasteiger partial charge in [0.1, 0.15) is 11.6 Å². The Balaban J connectivity index is 2.11. The summed E-state index contributed by atoms with van der Waals surface area (Å²) in [6, 6.07) is 1.65. The molecule has 1 aliphatic carbocycles. The largest absolute Gasteiger partial charge is 0.396 e. The Morgan fingerprint density at radius 3 is 3.00 bits per heavy atom. The maximum absolute atomic E-state index is 11.5. The fourth-order valence-electron chi connectivity index (χ4n) is 1.84. The molecule has 0 bridgehead atoms. The molecular weight excluding hydrogens is 218 g/mol. The highest BCUT2D eigenvalue weighted by molar-refractivity contribution is 5.35. The quantitative estimate of drug-likeness (QED) is 0.695. The Morgan fingerprint density at radius 1 is 1.65 bits per heavy atom. The number of aromatic amines is 1. The van der Waals surface area contributed by atoms with Crippen molar-refractivity contribution in [3.8, 4) is 0 Å². The standard InChI is InChI=1S/C12H19N3O2/c1-2-9(5-6-16)13-10-7-11(17)15-12(14-10)8-3-4-8/h7-9,16H,2-6H2,1H3,(H2,13,14,15,17). The molecule has 0 amide bonds. The normalized spacial score (nSPS) is 16.8. The molecule has 17 heavy (non-hydrogen) atoms. The van der Waals surface area contributed by atoms with Crippen molar-refractivity contribution in [1.82, 2.24) is 9.97 Å². The molecule has 0 spiro atoms. The number of aliphatic hydroxyl groups is 1. The number of hydrogen-bond acceptors (Lipinski definition) is 4. The minimum atomic E-state index is -0.108. The zero-order valence-corrected chi connectivity index (χ0v) is 10.1. The van der Waals surface area contributed by atoms with E-state index in [0.29, 0.717) is 18.2 Å². The Kier molecular flexibility index (Phi) is 3.78. The Hall–Kier alpha value is -1.36. The molecule has 5 heteroatoms. The maximum Gasteiger partial charge on any atom is 0.252 e. The molecule has 1 aliphatic rings.